The van der Waals surface area contributed by atoms with Gasteiger partial charge in [-0.1, -0.05) is 12.2 Å². The molecule has 0 unspecified atom stereocenters. The highest BCUT2D eigenvalue weighted by molar-refractivity contribution is 5.57. The quantitative estimate of drug-likeness (QED) is 0.799. The van der Waals surface area contributed by atoms with Gasteiger partial charge in [-0.2, -0.15) is 0 Å². The number of ether oxygens (including phenoxy) is 1. The molecular weight excluding hydrogens is 181 g/mol. The van der Waals surface area contributed by atoms with Crippen molar-refractivity contribution in [1.29, 1.82) is 0 Å². The van der Waals surface area contributed by atoms with Crippen LogP contribution in [-0.4, -0.2) is 13.2 Å². The Kier molecular flexibility index (Phi) is 4.13. The molecule has 0 amide bonds. The summed E-state index contributed by atoms with van der Waals surface area (Å²) in [5.74, 6) is 0.406. The summed E-state index contributed by atoms with van der Waals surface area (Å²) in [4.78, 5) is 0. The van der Waals surface area contributed by atoms with Gasteiger partial charge in [-0.05, 0) is 25.1 Å². The van der Waals surface area contributed by atoms with Crippen LogP contribution in [0.25, 0.3) is 6.08 Å². The molecule has 0 atom stereocenters. The molecular formula is C11H14FNO. The van der Waals surface area contributed by atoms with E-state index < -0.39 is 0 Å². The molecule has 1 aromatic rings. The second-order valence-electron chi connectivity index (χ2n) is 2.75. The zero-order valence-electron chi connectivity index (χ0n) is 8.16. The van der Waals surface area contributed by atoms with Crippen molar-refractivity contribution in [2.75, 3.05) is 13.2 Å². The second kappa shape index (κ2) is 5.40. The van der Waals surface area contributed by atoms with Gasteiger partial charge in [0, 0.05) is 12.1 Å². The van der Waals surface area contributed by atoms with E-state index in [9.17, 15) is 4.39 Å². The van der Waals surface area contributed by atoms with E-state index in [2.05, 4.69) is 0 Å². The highest BCUT2D eigenvalue weighted by Crippen LogP contribution is 2.20. The van der Waals surface area contributed by atoms with Crippen LogP contribution in [0, 0.1) is 5.82 Å². The summed E-state index contributed by atoms with van der Waals surface area (Å²) in [7, 11) is 0. The third kappa shape index (κ3) is 2.85. The number of halogens is 1. The number of rotatable bonds is 4. The molecule has 2 N–H and O–H groups in total. The van der Waals surface area contributed by atoms with Crippen LogP contribution < -0.4 is 10.5 Å². The average molecular weight is 195 g/mol. The first kappa shape index (κ1) is 10.7. The first-order valence-electron chi connectivity index (χ1n) is 4.57. The van der Waals surface area contributed by atoms with Crippen LogP contribution in [0.2, 0.25) is 0 Å². The minimum atomic E-state index is -0.273. The number of hydrogen-bond acceptors (Lipinski definition) is 2. The molecule has 0 saturated heterocycles. The summed E-state index contributed by atoms with van der Waals surface area (Å²) in [6, 6.07) is 4.43. The van der Waals surface area contributed by atoms with E-state index in [4.69, 9.17) is 10.5 Å². The van der Waals surface area contributed by atoms with Gasteiger partial charge < -0.3 is 10.5 Å². The van der Waals surface area contributed by atoms with Crippen LogP contribution in [0.4, 0.5) is 4.39 Å². The van der Waals surface area contributed by atoms with Crippen molar-refractivity contribution in [3.8, 4) is 5.75 Å². The monoisotopic (exact) mass is 195 g/mol. The maximum Gasteiger partial charge on any atom is 0.126 e. The van der Waals surface area contributed by atoms with Crippen molar-refractivity contribution in [3.63, 3.8) is 0 Å². The summed E-state index contributed by atoms with van der Waals surface area (Å²) in [6.07, 6.45) is 3.52. The first-order valence-corrected chi connectivity index (χ1v) is 4.57. The molecule has 1 rings (SSSR count). The Bertz CT molecular complexity index is 323. The molecule has 3 heteroatoms. The van der Waals surface area contributed by atoms with Crippen molar-refractivity contribution in [3.05, 3.63) is 35.7 Å². The van der Waals surface area contributed by atoms with Gasteiger partial charge in [0.25, 0.3) is 0 Å². The van der Waals surface area contributed by atoms with Crippen molar-refractivity contribution in [2.45, 2.75) is 6.92 Å². The van der Waals surface area contributed by atoms with E-state index in [1.54, 1.807) is 18.2 Å². The highest BCUT2D eigenvalue weighted by Gasteiger charge is 2.01. The Morgan fingerprint density at radius 3 is 2.93 bits per heavy atom. The van der Waals surface area contributed by atoms with Gasteiger partial charge >= 0.3 is 0 Å². The molecule has 0 aliphatic rings. The summed E-state index contributed by atoms with van der Waals surface area (Å²) >= 11 is 0. The average Bonchev–Trinajstić information content (AvgIpc) is 2.18. The Morgan fingerprint density at radius 2 is 2.29 bits per heavy atom. The lowest BCUT2D eigenvalue weighted by atomic mass is 10.2. The summed E-state index contributed by atoms with van der Waals surface area (Å²) in [5.41, 5.74) is 6.04. The zero-order valence-corrected chi connectivity index (χ0v) is 8.16. The maximum atomic E-state index is 12.9. The van der Waals surface area contributed by atoms with Gasteiger partial charge in [-0.25, -0.2) is 4.39 Å². The second-order valence-corrected chi connectivity index (χ2v) is 2.75. The van der Waals surface area contributed by atoms with E-state index >= 15 is 0 Å². The molecule has 0 spiro atoms. The Balaban J connectivity index is 2.96. The van der Waals surface area contributed by atoms with Crippen molar-refractivity contribution >= 4 is 6.08 Å². The largest absolute Gasteiger partial charge is 0.493 e. The van der Waals surface area contributed by atoms with Gasteiger partial charge in [0.05, 0.1) is 6.61 Å². The van der Waals surface area contributed by atoms with Crippen LogP contribution in [0.1, 0.15) is 12.5 Å². The van der Waals surface area contributed by atoms with Crippen molar-refractivity contribution in [1.82, 2.24) is 0 Å². The minimum Gasteiger partial charge on any atom is -0.493 e. The van der Waals surface area contributed by atoms with Gasteiger partial charge in [-0.3, -0.25) is 0 Å². The van der Waals surface area contributed by atoms with Crippen LogP contribution in [-0.2, 0) is 0 Å². The number of benzene rings is 1. The molecule has 0 heterocycles. The Hall–Kier alpha value is -1.35. The van der Waals surface area contributed by atoms with E-state index in [0.717, 1.165) is 5.56 Å². The minimum absolute atomic E-state index is 0.273. The zero-order chi connectivity index (χ0) is 10.4. The van der Waals surface area contributed by atoms with E-state index in [1.165, 1.54) is 12.1 Å². The van der Waals surface area contributed by atoms with Crippen molar-refractivity contribution < 1.29 is 9.13 Å². The van der Waals surface area contributed by atoms with Gasteiger partial charge in [0.1, 0.15) is 11.6 Å². The predicted octanol–water partition coefficient (Wildman–Crippen LogP) is 2.20. The number of hydrogen-bond donors (Lipinski definition) is 1. The lowest BCUT2D eigenvalue weighted by molar-refractivity contribution is 0.339. The molecule has 0 aliphatic carbocycles. The Morgan fingerprint density at radius 1 is 1.50 bits per heavy atom. The summed E-state index contributed by atoms with van der Waals surface area (Å²) in [5, 5.41) is 0. The normalized spacial score (nSPS) is 10.8. The van der Waals surface area contributed by atoms with Crippen LogP contribution in [0.3, 0.4) is 0 Å². The third-order valence-corrected chi connectivity index (χ3v) is 1.71. The molecule has 2 nitrogen and oxygen atoms in total. The van der Waals surface area contributed by atoms with Crippen LogP contribution >= 0.6 is 0 Å². The van der Waals surface area contributed by atoms with E-state index in [-0.39, 0.29) is 5.82 Å². The fourth-order valence-corrected chi connectivity index (χ4v) is 1.13. The predicted molar refractivity (Wildman–Crippen MR) is 55.7 cm³/mol. The Labute approximate surface area is 83.2 Å². The highest BCUT2D eigenvalue weighted by atomic mass is 19.1. The van der Waals surface area contributed by atoms with E-state index in [1.807, 2.05) is 6.92 Å². The summed E-state index contributed by atoms with van der Waals surface area (Å²) < 4.78 is 18.2. The van der Waals surface area contributed by atoms with Gasteiger partial charge in [0.15, 0.2) is 0 Å². The number of nitrogens with two attached hydrogens (primary N) is 1. The van der Waals surface area contributed by atoms with Crippen molar-refractivity contribution in [2.24, 2.45) is 5.73 Å². The molecule has 0 bridgehead atoms. The van der Waals surface area contributed by atoms with E-state index in [0.29, 0.717) is 18.9 Å². The van der Waals surface area contributed by atoms with Gasteiger partial charge in [-0.15, -0.1) is 0 Å². The molecule has 0 aliphatic heterocycles. The lowest BCUT2D eigenvalue weighted by Gasteiger charge is -2.06. The summed E-state index contributed by atoms with van der Waals surface area (Å²) in [6.45, 7) is 2.89. The first-order chi connectivity index (χ1) is 6.77. The maximum absolute atomic E-state index is 12.9. The molecule has 76 valence electrons. The smallest absolute Gasteiger partial charge is 0.126 e. The third-order valence-electron chi connectivity index (χ3n) is 1.71. The molecule has 14 heavy (non-hydrogen) atoms. The standard InChI is InChI=1S/C11H14FNO/c1-2-14-11-6-5-10(12)8-9(11)4-3-7-13/h3-6,8H,2,7,13H2,1H3. The molecule has 0 aromatic heterocycles. The topological polar surface area (TPSA) is 35.2 Å². The lowest BCUT2D eigenvalue weighted by Crippen LogP contribution is -1.96. The molecule has 0 radical (unpaired) electrons. The molecule has 1 aromatic carbocycles. The fraction of sp³-hybridized carbons (Fsp3) is 0.273. The SMILES string of the molecule is CCOc1ccc(F)cc1C=CCN. The fourth-order valence-electron chi connectivity index (χ4n) is 1.13. The van der Waals surface area contributed by atoms with Crippen LogP contribution in [0.5, 0.6) is 5.75 Å². The van der Waals surface area contributed by atoms with Crippen LogP contribution in [0.15, 0.2) is 24.3 Å². The molecule has 0 fully saturated rings. The van der Waals surface area contributed by atoms with Gasteiger partial charge in [0.2, 0.25) is 0 Å². The molecule has 0 saturated carbocycles.